The number of aromatic nitrogens is 4. The van der Waals surface area contributed by atoms with Gasteiger partial charge in [0, 0.05) is 11.3 Å². The molecular formula is C9H10N4S. The average molecular weight is 206 g/mol. The molecule has 2 aromatic rings. The first kappa shape index (κ1) is 9.21. The molecule has 14 heavy (non-hydrogen) atoms. The van der Waals surface area contributed by atoms with Gasteiger partial charge in [0.25, 0.3) is 0 Å². The lowest BCUT2D eigenvalue weighted by Crippen LogP contribution is -1.94. The molecule has 0 aliphatic carbocycles. The summed E-state index contributed by atoms with van der Waals surface area (Å²) in [5, 5.41) is 11.8. The molecule has 1 aromatic heterocycles. The second-order valence-corrected chi connectivity index (χ2v) is 3.55. The lowest BCUT2D eigenvalue weighted by atomic mass is 10.1. The van der Waals surface area contributed by atoms with Crippen molar-refractivity contribution in [1.82, 2.24) is 20.2 Å². The number of hydrogen-bond acceptors (Lipinski definition) is 4. The van der Waals surface area contributed by atoms with Crippen molar-refractivity contribution in [3.05, 3.63) is 35.7 Å². The van der Waals surface area contributed by atoms with Crippen LogP contribution in [0.4, 0.5) is 0 Å². The molecule has 0 aliphatic rings. The molecule has 0 unspecified atom stereocenters. The second kappa shape index (κ2) is 3.79. The number of thiol groups is 1. The minimum absolute atomic E-state index is 0.710. The lowest BCUT2D eigenvalue weighted by Gasteiger charge is -1.96. The predicted octanol–water partition coefficient (Wildman–Crippen LogP) is 1.09. The van der Waals surface area contributed by atoms with Gasteiger partial charge < -0.3 is 0 Å². The highest BCUT2D eigenvalue weighted by molar-refractivity contribution is 7.80. The maximum atomic E-state index is 4.21. The molecule has 5 heteroatoms. The van der Waals surface area contributed by atoms with Crippen molar-refractivity contribution in [2.75, 3.05) is 0 Å². The molecule has 0 fully saturated rings. The molecule has 72 valence electrons. The molecule has 0 aliphatic heterocycles. The highest BCUT2D eigenvalue weighted by Gasteiger charge is 2.01. The minimum Gasteiger partial charge on any atom is -0.167 e. The molecule has 2 rings (SSSR count). The fourth-order valence-electron chi connectivity index (χ4n) is 1.19. The molecule has 0 N–H and O–H groups in total. The maximum Gasteiger partial charge on any atom is 0.179 e. The third kappa shape index (κ3) is 2.11. The van der Waals surface area contributed by atoms with E-state index in [1.165, 1.54) is 4.80 Å². The molecule has 0 saturated carbocycles. The normalized spacial score (nSPS) is 10.4. The van der Waals surface area contributed by atoms with Gasteiger partial charge in [-0.1, -0.05) is 12.1 Å². The van der Waals surface area contributed by atoms with Gasteiger partial charge in [-0.3, -0.25) is 0 Å². The summed E-state index contributed by atoms with van der Waals surface area (Å²) in [4.78, 5) is 2.42. The van der Waals surface area contributed by atoms with E-state index in [0.717, 1.165) is 16.3 Å². The van der Waals surface area contributed by atoms with E-state index in [1.54, 1.807) is 7.05 Å². The Morgan fingerprint density at radius 2 is 2.00 bits per heavy atom. The summed E-state index contributed by atoms with van der Waals surface area (Å²) >= 11 is 4.21. The number of benzene rings is 1. The van der Waals surface area contributed by atoms with Crippen LogP contribution in [0.25, 0.3) is 0 Å². The average Bonchev–Trinajstić information content (AvgIpc) is 2.56. The third-order valence-corrected chi connectivity index (χ3v) is 2.15. The topological polar surface area (TPSA) is 43.6 Å². The molecule has 4 nitrogen and oxygen atoms in total. The molecule has 0 amide bonds. The van der Waals surface area contributed by atoms with E-state index in [-0.39, 0.29) is 0 Å². The highest BCUT2D eigenvalue weighted by Crippen LogP contribution is 2.09. The van der Waals surface area contributed by atoms with Gasteiger partial charge in [-0.2, -0.15) is 4.80 Å². The van der Waals surface area contributed by atoms with Crippen molar-refractivity contribution < 1.29 is 0 Å². The Hall–Kier alpha value is -1.36. The van der Waals surface area contributed by atoms with Crippen LogP contribution in [0.15, 0.2) is 29.2 Å². The van der Waals surface area contributed by atoms with Gasteiger partial charge in [0.1, 0.15) is 0 Å². The molecule has 0 radical (unpaired) electrons. The van der Waals surface area contributed by atoms with Gasteiger partial charge in [0.15, 0.2) is 5.82 Å². The van der Waals surface area contributed by atoms with E-state index in [4.69, 9.17) is 0 Å². The van der Waals surface area contributed by atoms with E-state index >= 15 is 0 Å². The van der Waals surface area contributed by atoms with Crippen molar-refractivity contribution in [3.8, 4) is 0 Å². The molecule has 1 heterocycles. The maximum absolute atomic E-state index is 4.21. The van der Waals surface area contributed by atoms with Crippen LogP contribution >= 0.6 is 12.6 Å². The summed E-state index contributed by atoms with van der Waals surface area (Å²) in [6.45, 7) is 0. The Labute approximate surface area is 87.4 Å². The molecule has 0 atom stereocenters. The first-order valence-electron chi connectivity index (χ1n) is 4.25. The monoisotopic (exact) mass is 206 g/mol. The zero-order valence-corrected chi connectivity index (χ0v) is 8.65. The first-order chi connectivity index (χ1) is 6.74. The van der Waals surface area contributed by atoms with E-state index in [2.05, 4.69) is 28.0 Å². The second-order valence-electron chi connectivity index (χ2n) is 3.04. The largest absolute Gasteiger partial charge is 0.179 e. The predicted molar refractivity (Wildman–Crippen MR) is 55.3 cm³/mol. The first-order valence-corrected chi connectivity index (χ1v) is 4.69. The quantitative estimate of drug-likeness (QED) is 0.748. The van der Waals surface area contributed by atoms with E-state index in [1.807, 2.05) is 24.3 Å². The SMILES string of the molecule is Cn1nnc(Cc2ccc(S)cc2)n1. The van der Waals surface area contributed by atoms with Crippen LogP contribution in [0.2, 0.25) is 0 Å². The smallest absolute Gasteiger partial charge is 0.167 e. The van der Waals surface area contributed by atoms with Crippen LogP contribution in [0.5, 0.6) is 0 Å². The van der Waals surface area contributed by atoms with Crippen LogP contribution < -0.4 is 0 Å². The van der Waals surface area contributed by atoms with Crippen molar-refractivity contribution >= 4 is 12.6 Å². The third-order valence-electron chi connectivity index (χ3n) is 1.85. The number of aryl methyl sites for hydroxylation is 1. The van der Waals surface area contributed by atoms with Crippen LogP contribution in [0, 0.1) is 0 Å². The minimum atomic E-state index is 0.710. The van der Waals surface area contributed by atoms with E-state index in [9.17, 15) is 0 Å². The fraction of sp³-hybridized carbons (Fsp3) is 0.222. The summed E-state index contributed by atoms with van der Waals surface area (Å²) in [6.07, 6.45) is 0.710. The van der Waals surface area contributed by atoms with Crippen LogP contribution in [0.3, 0.4) is 0 Å². The number of tetrazole rings is 1. The molecule has 0 saturated heterocycles. The summed E-state index contributed by atoms with van der Waals surface area (Å²) < 4.78 is 0. The standard InChI is InChI=1S/C9H10N4S/c1-13-11-9(10-12-13)6-7-2-4-8(14)5-3-7/h2-5,14H,6H2,1H3. The van der Waals surface area contributed by atoms with Gasteiger partial charge >= 0.3 is 0 Å². The van der Waals surface area contributed by atoms with Gasteiger partial charge in [-0.15, -0.1) is 22.8 Å². The fourth-order valence-corrected chi connectivity index (χ4v) is 1.34. The summed E-state index contributed by atoms with van der Waals surface area (Å²) in [5.74, 6) is 0.736. The Morgan fingerprint density at radius 1 is 1.29 bits per heavy atom. The van der Waals surface area contributed by atoms with Crippen molar-refractivity contribution in [2.45, 2.75) is 11.3 Å². The summed E-state index contributed by atoms with van der Waals surface area (Å²) in [6, 6.07) is 7.93. The molecule has 1 aromatic carbocycles. The van der Waals surface area contributed by atoms with Crippen molar-refractivity contribution in [1.29, 1.82) is 0 Å². The van der Waals surface area contributed by atoms with Gasteiger partial charge in [0.2, 0.25) is 0 Å². The molecular weight excluding hydrogens is 196 g/mol. The lowest BCUT2D eigenvalue weighted by molar-refractivity contribution is 0.628. The van der Waals surface area contributed by atoms with Crippen LogP contribution in [-0.4, -0.2) is 20.2 Å². The molecule has 0 spiro atoms. The van der Waals surface area contributed by atoms with Crippen LogP contribution in [-0.2, 0) is 13.5 Å². The number of hydrogen-bond donors (Lipinski definition) is 1. The highest BCUT2D eigenvalue weighted by atomic mass is 32.1. The zero-order chi connectivity index (χ0) is 9.97. The summed E-state index contributed by atoms with van der Waals surface area (Å²) in [5.41, 5.74) is 1.16. The van der Waals surface area contributed by atoms with Crippen LogP contribution in [0.1, 0.15) is 11.4 Å². The van der Waals surface area contributed by atoms with Gasteiger partial charge in [-0.05, 0) is 22.9 Å². The number of nitrogens with zero attached hydrogens (tertiary/aromatic N) is 4. The summed E-state index contributed by atoms with van der Waals surface area (Å²) in [7, 11) is 1.76. The van der Waals surface area contributed by atoms with Crippen molar-refractivity contribution in [2.24, 2.45) is 7.05 Å². The zero-order valence-electron chi connectivity index (χ0n) is 7.75. The Kier molecular flexibility index (Phi) is 2.49. The van der Waals surface area contributed by atoms with Crippen molar-refractivity contribution in [3.63, 3.8) is 0 Å². The van der Waals surface area contributed by atoms with E-state index in [0.29, 0.717) is 6.42 Å². The van der Waals surface area contributed by atoms with Gasteiger partial charge in [-0.25, -0.2) is 0 Å². The Balaban J connectivity index is 2.15. The molecule has 0 bridgehead atoms. The van der Waals surface area contributed by atoms with E-state index < -0.39 is 0 Å². The Morgan fingerprint density at radius 3 is 2.57 bits per heavy atom. The Bertz CT molecular complexity index is 421. The van der Waals surface area contributed by atoms with Gasteiger partial charge in [0.05, 0.1) is 7.05 Å². The number of rotatable bonds is 2.